The molecule has 0 saturated heterocycles. The van der Waals surface area contributed by atoms with Crippen molar-refractivity contribution in [1.82, 2.24) is 0 Å². The lowest BCUT2D eigenvalue weighted by Gasteiger charge is -2.16. The molecule has 0 radical (unpaired) electrons. The van der Waals surface area contributed by atoms with Crippen LogP contribution in [0.15, 0.2) is 54.6 Å². The Balaban J connectivity index is 1.64. The van der Waals surface area contributed by atoms with Crippen LogP contribution < -0.4 is 10.1 Å². The lowest BCUT2D eigenvalue weighted by molar-refractivity contribution is -0.148. The van der Waals surface area contributed by atoms with E-state index in [1.165, 1.54) is 0 Å². The van der Waals surface area contributed by atoms with E-state index in [0.717, 1.165) is 51.7 Å². The highest BCUT2D eigenvalue weighted by atomic mass is 16.5. The molecule has 1 amide bonds. The van der Waals surface area contributed by atoms with E-state index >= 15 is 0 Å². The van der Waals surface area contributed by atoms with Gasteiger partial charge in [0.25, 0.3) is 5.91 Å². The number of carbonyl (C=O) groups is 2. The molecule has 1 N–H and O–H groups in total. The fraction of sp³-hybridized carbons (Fsp3) is 0.308. The number of amides is 1. The summed E-state index contributed by atoms with van der Waals surface area (Å²) in [5.41, 5.74) is 3.81. The molecule has 0 heterocycles. The van der Waals surface area contributed by atoms with Crippen LogP contribution in [0.5, 0.6) is 5.75 Å². The number of fused-ring (bicyclic) bond motifs is 1. The van der Waals surface area contributed by atoms with Crippen LogP contribution in [0.4, 0.5) is 5.69 Å². The number of hydrogen-bond donors (Lipinski definition) is 1. The summed E-state index contributed by atoms with van der Waals surface area (Å²) in [5, 5.41) is 4.97. The number of esters is 1. The molecule has 0 saturated carbocycles. The largest absolute Gasteiger partial charge is 0.497 e. The van der Waals surface area contributed by atoms with Crippen molar-refractivity contribution in [3.63, 3.8) is 0 Å². The first-order valence-electron chi connectivity index (χ1n) is 10.6. The maximum Gasteiger partial charge on any atom is 0.313 e. The predicted octanol–water partition coefficient (Wildman–Crippen LogP) is 5.26. The lowest BCUT2D eigenvalue weighted by Crippen LogP contribution is -2.24. The zero-order valence-electron chi connectivity index (χ0n) is 18.5. The standard InChI is InChI=1S/C26H29NO4/c1-5-18-8-7-9-19(6-2)25(18)27-24(28)16-31-26(29)17(3)20-10-11-22-15-23(30-4)13-12-21(22)14-20/h7-15,17H,5-6,16H2,1-4H3,(H,27,28)/t17-/m0/s1. The highest BCUT2D eigenvalue weighted by molar-refractivity contribution is 5.95. The fourth-order valence-electron chi connectivity index (χ4n) is 3.62. The highest BCUT2D eigenvalue weighted by Crippen LogP contribution is 2.26. The molecule has 0 fully saturated rings. The number of rotatable bonds is 8. The minimum absolute atomic E-state index is 0.310. The van der Waals surface area contributed by atoms with Gasteiger partial charge >= 0.3 is 5.97 Å². The van der Waals surface area contributed by atoms with Crippen molar-refractivity contribution in [2.75, 3.05) is 19.0 Å². The van der Waals surface area contributed by atoms with Gasteiger partial charge in [0.2, 0.25) is 0 Å². The molecular formula is C26H29NO4. The Labute approximate surface area is 183 Å². The molecular weight excluding hydrogens is 390 g/mol. The molecule has 0 unspecified atom stereocenters. The summed E-state index contributed by atoms with van der Waals surface area (Å²) in [4.78, 5) is 25.0. The number of anilines is 1. The van der Waals surface area contributed by atoms with Gasteiger partial charge in [-0.25, -0.2) is 0 Å². The summed E-state index contributed by atoms with van der Waals surface area (Å²) in [5.74, 6) is -0.452. The van der Waals surface area contributed by atoms with Crippen LogP contribution in [0.1, 0.15) is 43.4 Å². The van der Waals surface area contributed by atoms with Gasteiger partial charge in [-0.15, -0.1) is 0 Å². The number of para-hydroxylation sites is 1. The first kappa shape index (κ1) is 22.3. The Kier molecular flexibility index (Phi) is 7.29. The second kappa shape index (κ2) is 10.1. The van der Waals surface area contributed by atoms with Crippen LogP contribution in [-0.4, -0.2) is 25.6 Å². The average Bonchev–Trinajstić information content (AvgIpc) is 2.81. The zero-order chi connectivity index (χ0) is 22.4. The molecule has 3 rings (SSSR count). The van der Waals surface area contributed by atoms with Gasteiger partial charge in [0.1, 0.15) is 5.75 Å². The van der Waals surface area contributed by atoms with Gasteiger partial charge in [-0.3, -0.25) is 9.59 Å². The summed E-state index contributed by atoms with van der Waals surface area (Å²) < 4.78 is 10.6. The first-order chi connectivity index (χ1) is 15.0. The zero-order valence-corrected chi connectivity index (χ0v) is 18.5. The van der Waals surface area contributed by atoms with E-state index in [1.54, 1.807) is 14.0 Å². The lowest BCUT2D eigenvalue weighted by atomic mass is 9.98. The number of benzene rings is 3. The minimum Gasteiger partial charge on any atom is -0.497 e. The van der Waals surface area contributed by atoms with E-state index < -0.39 is 11.9 Å². The van der Waals surface area contributed by atoms with Crippen LogP contribution in [0.25, 0.3) is 10.8 Å². The van der Waals surface area contributed by atoms with Crippen molar-refractivity contribution >= 4 is 28.3 Å². The fourth-order valence-corrected chi connectivity index (χ4v) is 3.62. The minimum atomic E-state index is -0.478. The molecule has 0 aliphatic carbocycles. The van der Waals surface area contributed by atoms with Crippen LogP contribution in [0.2, 0.25) is 0 Å². The summed E-state index contributed by atoms with van der Waals surface area (Å²) in [7, 11) is 1.63. The van der Waals surface area contributed by atoms with Crippen LogP contribution >= 0.6 is 0 Å². The molecule has 3 aromatic rings. The van der Waals surface area contributed by atoms with E-state index in [9.17, 15) is 9.59 Å². The topological polar surface area (TPSA) is 64.6 Å². The second-order valence-electron chi connectivity index (χ2n) is 7.51. The normalized spacial score (nSPS) is 11.7. The second-order valence-corrected chi connectivity index (χ2v) is 7.51. The van der Waals surface area contributed by atoms with Gasteiger partial charge in [-0.05, 0) is 59.4 Å². The Hall–Kier alpha value is -3.34. The molecule has 5 nitrogen and oxygen atoms in total. The smallest absolute Gasteiger partial charge is 0.313 e. The molecule has 5 heteroatoms. The third kappa shape index (κ3) is 5.23. The molecule has 0 spiro atoms. The van der Waals surface area contributed by atoms with E-state index in [1.807, 2.05) is 68.4 Å². The van der Waals surface area contributed by atoms with E-state index in [0.29, 0.717) is 0 Å². The van der Waals surface area contributed by atoms with Gasteiger partial charge in [0, 0.05) is 5.69 Å². The van der Waals surface area contributed by atoms with Crippen molar-refractivity contribution in [2.24, 2.45) is 0 Å². The molecule has 1 atom stereocenters. The van der Waals surface area contributed by atoms with Crippen molar-refractivity contribution in [1.29, 1.82) is 0 Å². The molecule has 162 valence electrons. The highest BCUT2D eigenvalue weighted by Gasteiger charge is 2.19. The maximum absolute atomic E-state index is 12.6. The molecule has 0 aliphatic heterocycles. The van der Waals surface area contributed by atoms with Crippen molar-refractivity contribution < 1.29 is 19.1 Å². The Morgan fingerprint density at radius 1 is 0.935 bits per heavy atom. The van der Waals surface area contributed by atoms with Crippen molar-refractivity contribution in [3.05, 3.63) is 71.3 Å². The van der Waals surface area contributed by atoms with Gasteiger partial charge in [0.05, 0.1) is 13.0 Å². The van der Waals surface area contributed by atoms with Gasteiger partial charge in [-0.2, -0.15) is 0 Å². The van der Waals surface area contributed by atoms with E-state index in [2.05, 4.69) is 5.32 Å². The molecule has 3 aromatic carbocycles. The van der Waals surface area contributed by atoms with Crippen LogP contribution in [0.3, 0.4) is 0 Å². The number of nitrogens with one attached hydrogen (secondary N) is 1. The monoisotopic (exact) mass is 419 g/mol. The van der Waals surface area contributed by atoms with E-state index in [-0.39, 0.29) is 12.5 Å². The van der Waals surface area contributed by atoms with Crippen molar-refractivity contribution in [3.8, 4) is 5.75 Å². The number of methoxy groups -OCH3 is 1. The molecule has 0 aromatic heterocycles. The first-order valence-corrected chi connectivity index (χ1v) is 10.6. The Bertz CT molecular complexity index is 1070. The van der Waals surface area contributed by atoms with Crippen LogP contribution in [0, 0.1) is 0 Å². The number of aryl methyl sites for hydroxylation is 2. The molecule has 0 bridgehead atoms. The quantitative estimate of drug-likeness (QED) is 0.506. The number of hydrogen-bond acceptors (Lipinski definition) is 4. The Morgan fingerprint density at radius 3 is 2.23 bits per heavy atom. The number of ether oxygens (including phenoxy) is 2. The van der Waals surface area contributed by atoms with Gasteiger partial charge in [0.15, 0.2) is 6.61 Å². The average molecular weight is 420 g/mol. The SMILES string of the molecule is CCc1cccc(CC)c1NC(=O)COC(=O)[C@@H](C)c1ccc2cc(OC)ccc2c1. The summed E-state index contributed by atoms with van der Waals surface area (Å²) >= 11 is 0. The van der Waals surface area contributed by atoms with Gasteiger partial charge < -0.3 is 14.8 Å². The van der Waals surface area contributed by atoms with Gasteiger partial charge in [-0.1, -0.05) is 56.3 Å². The van der Waals surface area contributed by atoms with Crippen LogP contribution in [-0.2, 0) is 27.2 Å². The van der Waals surface area contributed by atoms with E-state index in [4.69, 9.17) is 9.47 Å². The third-order valence-electron chi connectivity index (χ3n) is 5.53. The summed E-state index contributed by atoms with van der Waals surface area (Å²) in [6.07, 6.45) is 1.63. The summed E-state index contributed by atoms with van der Waals surface area (Å²) in [6.45, 7) is 5.57. The maximum atomic E-state index is 12.6. The molecule has 0 aliphatic rings. The third-order valence-corrected chi connectivity index (χ3v) is 5.53. The molecule has 31 heavy (non-hydrogen) atoms. The number of carbonyl (C=O) groups excluding carboxylic acids is 2. The predicted molar refractivity (Wildman–Crippen MR) is 124 cm³/mol. The summed E-state index contributed by atoms with van der Waals surface area (Å²) in [6, 6.07) is 17.6. The Morgan fingerprint density at radius 2 is 1.58 bits per heavy atom. The van der Waals surface area contributed by atoms with Crippen molar-refractivity contribution in [2.45, 2.75) is 39.5 Å².